The number of benzene rings is 1. The number of hydrogen-bond donors (Lipinski definition) is 5. The van der Waals surface area contributed by atoms with Crippen LogP contribution in [0.3, 0.4) is 0 Å². The number of aromatic nitrogens is 2. The second-order valence-corrected chi connectivity index (χ2v) is 10.0. The first kappa shape index (κ1) is 23.5. The van der Waals surface area contributed by atoms with E-state index in [1.165, 1.54) is 5.57 Å². The fourth-order valence-corrected chi connectivity index (χ4v) is 6.02. The maximum atomic E-state index is 15.8. The number of phenols is 1. The molecule has 0 bridgehead atoms. The predicted octanol–water partition coefficient (Wildman–Crippen LogP) is 3.20. The molecular weight excluding hydrogens is 433 g/mol. The van der Waals surface area contributed by atoms with Gasteiger partial charge in [-0.25, -0.2) is 14.8 Å². The van der Waals surface area contributed by atoms with E-state index in [0.717, 1.165) is 61.4 Å². The van der Waals surface area contributed by atoms with Gasteiger partial charge in [-0.05, 0) is 61.4 Å². The third-order valence-electron chi connectivity index (χ3n) is 8.04. The zero-order valence-corrected chi connectivity index (χ0v) is 20.0. The molecule has 5 N–H and O–H groups in total. The van der Waals surface area contributed by atoms with Gasteiger partial charge in [0.05, 0.1) is 30.6 Å². The number of aryl methyl sites for hydroxylation is 1. The molecule has 1 aliphatic carbocycles. The number of imidazole rings is 1. The Labute approximate surface area is 200 Å². The number of fused-ring (bicyclic) bond motifs is 1. The van der Waals surface area contributed by atoms with E-state index in [9.17, 15) is 10.2 Å². The molecule has 1 aromatic heterocycles. The summed E-state index contributed by atoms with van der Waals surface area (Å²) in [4.78, 5) is 10.5. The van der Waals surface area contributed by atoms with E-state index in [1.54, 1.807) is 12.1 Å². The highest BCUT2D eigenvalue weighted by molar-refractivity contribution is 5.64. The van der Waals surface area contributed by atoms with Gasteiger partial charge in [0.1, 0.15) is 17.7 Å². The number of rotatable bonds is 6. The van der Waals surface area contributed by atoms with Crippen molar-refractivity contribution in [3.8, 4) is 5.75 Å². The highest BCUT2D eigenvalue weighted by atomic mass is 19.1. The van der Waals surface area contributed by atoms with Crippen LogP contribution in [0.25, 0.3) is 5.57 Å². The number of nitrogens with zero attached hydrogens (tertiary/aromatic N) is 2. The maximum Gasteiger partial charge on any atom is 0.125 e. The van der Waals surface area contributed by atoms with Gasteiger partial charge >= 0.3 is 0 Å². The van der Waals surface area contributed by atoms with Crippen molar-refractivity contribution in [2.45, 2.75) is 69.7 Å². The molecule has 3 heterocycles. The number of aliphatic hydroxyl groups is 1. The van der Waals surface area contributed by atoms with Crippen LogP contribution in [0.5, 0.6) is 5.75 Å². The Morgan fingerprint density at radius 1 is 1.26 bits per heavy atom. The Balaban J connectivity index is 1.30. The molecule has 1 saturated heterocycles. The molecule has 0 radical (unpaired) electrons. The van der Waals surface area contributed by atoms with Crippen molar-refractivity contribution in [2.75, 3.05) is 19.7 Å². The predicted molar refractivity (Wildman–Crippen MR) is 130 cm³/mol. The van der Waals surface area contributed by atoms with Gasteiger partial charge in [-0.1, -0.05) is 19.1 Å². The first-order valence-electron chi connectivity index (χ1n) is 12.6. The topological polar surface area (TPSA) is 96.4 Å². The highest BCUT2D eigenvalue weighted by Crippen LogP contribution is 2.45. The Kier molecular flexibility index (Phi) is 6.75. The van der Waals surface area contributed by atoms with E-state index in [1.807, 2.05) is 26.1 Å². The van der Waals surface area contributed by atoms with E-state index in [2.05, 4.69) is 31.8 Å². The lowest BCUT2D eigenvalue weighted by Gasteiger charge is -2.36. The summed E-state index contributed by atoms with van der Waals surface area (Å²) < 4.78 is 15.8. The minimum atomic E-state index is -1.02. The molecular formula is C26H36FN5O2. The number of aliphatic hydroxyl groups excluding tert-OH is 1. The minimum Gasteiger partial charge on any atom is -0.508 e. The smallest absolute Gasteiger partial charge is 0.125 e. The van der Waals surface area contributed by atoms with Crippen molar-refractivity contribution >= 4 is 5.57 Å². The lowest BCUT2D eigenvalue weighted by atomic mass is 9.71. The zero-order chi connectivity index (χ0) is 23.8. The van der Waals surface area contributed by atoms with Crippen LogP contribution in [-0.4, -0.2) is 63.0 Å². The average Bonchev–Trinajstić information content (AvgIpc) is 3.52. The molecule has 0 amide bonds. The first-order valence-corrected chi connectivity index (χ1v) is 12.6. The zero-order valence-electron chi connectivity index (χ0n) is 20.0. The normalized spacial score (nSPS) is 30.7. The minimum absolute atomic E-state index is 0.0694. The summed E-state index contributed by atoms with van der Waals surface area (Å²) >= 11 is 0. The molecule has 2 fully saturated rings. The second-order valence-electron chi connectivity index (χ2n) is 10.0. The number of alkyl halides is 1. The van der Waals surface area contributed by atoms with Crippen molar-refractivity contribution in [3.63, 3.8) is 0 Å². The average molecular weight is 470 g/mol. The molecule has 0 spiro atoms. The van der Waals surface area contributed by atoms with Crippen LogP contribution in [0.1, 0.15) is 67.7 Å². The van der Waals surface area contributed by atoms with Crippen molar-refractivity contribution in [2.24, 2.45) is 5.92 Å². The second kappa shape index (κ2) is 9.77. The lowest BCUT2D eigenvalue weighted by molar-refractivity contribution is 0.135. The molecule has 184 valence electrons. The Morgan fingerprint density at radius 3 is 2.91 bits per heavy atom. The van der Waals surface area contributed by atoms with E-state index >= 15 is 4.39 Å². The Hall–Kier alpha value is -2.26. The van der Waals surface area contributed by atoms with Crippen molar-refractivity contribution in [1.29, 1.82) is 0 Å². The SMILES string of the molecule is CCc1cc(O)ccc1C1CCC2C(c3ncc(C4=CCCN(C(C)CO)C4)[nH]3)NNC2C1F. The van der Waals surface area contributed by atoms with Gasteiger partial charge in [0.15, 0.2) is 0 Å². The van der Waals surface area contributed by atoms with E-state index < -0.39 is 6.17 Å². The van der Waals surface area contributed by atoms with Crippen molar-refractivity contribution in [1.82, 2.24) is 25.7 Å². The summed E-state index contributed by atoms with van der Waals surface area (Å²) in [6.45, 7) is 5.97. The first-order chi connectivity index (χ1) is 16.5. The van der Waals surface area contributed by atoms with Gasteiger partial charge in [0, 0.05) is 31.0 Å². The molecule has 6 unspecified atom stereocenters. The van der Waals surface area contributed by atoms with Gasteiger partial charge in [-0.2, -0.15) is 0 Å². The summed E-state index contributed by atoms with van der Waals surface area (Å²) in [6, 6.07) is 5.10. The molecule has 8 heteroatoms. The summed E-state index contributed by atoms with van der Waals surface area (Å²) in [6.07, 6.45) is 6.49. The third-order valence-corrected chi connectivity index (χ3v) is 8.04. The summed E-state index contributed by atoms with van der Waals surface area (Å²) in [7, 11) is 0. The number of halogens is 1. The van der Waals surface area contributed by atoms with Crippen molar-refractivity contribution < 1.29 is 14.6 Å². The molecule has 2 aromatic rings. The number of aromatic hydroxyl groups is 1. The van der Waals surface area contributed by atoms with Gasteiger partial charge in [0.25, 0.3) is 0 Å². The lowest BCUT2D eigenvalue weighted by Crippen LogP contribution is -2.45. The summed E-state index contributed by atoms with van der Waals surface area (Å²) in [5, 5.41) is 19.4. The molecule has 1 aromatic carbocycles. The molecule has 3 aliphatic rings. The van der Waals surface area contributed by atoms with Crippen LogP contribution in [-0.2, 0) is 6.42 Å². The quantitative estimate of drug-likeness (QED) is 0.446. The number of H-pyrrole nitrogens is 1. The van der Waals surface area contributed by atoms with Crippen LogP contribution in [0.2, 0.25) is 0 Å². The highest BCUT2D eigenvalue weighted by Gasteiger charge is 2.48. The maximum absolute atomic E-state index is 15.8. The molecule has 6 atom stereocenters. The number of nitrogens with one attached hydrogen (secondary N) is 3. The van der Waals surface area contributed by atoms with Crippen LogP contribution >= 0.6 is 0 Å². The molecule has 1 saturated carbocycles. The molecule has 7 nitrogen and oxygen atoms in total. The monoisotopic (exact) mass is 469 g/mol. The largest absolute Gasteiger partial charge is 0.508 e. The van der Waals surface area contributed by atoms with E-state index in [4.69, 9.17) is 0 Å². The van der Waals surface area contributed by atoms with Crippen molar-refractivity contribution in [3.05, 3.63) is 53.1 Å². The fourth-order valence-electron chi connectivity index (χ4n) is 6.02. The number of phenolic OH excluding ortho intramolecular Hbond substituents is 1. The number of aromatic amines is 1. The molecule has 5 rings (SSSR count). The van der Waals surface area contributed by atoms with E-state index in [-0.39, 0.29) is 42.3 Å². The number of hydrogen-bond acceptors (Lipinski definition) is 6. The van der Waals surface area contributed by atoms with Crippen LogP contribution in [0.15, 0.2) is 30.5 Å². The Bertz CT molecular complexity index is 1040. The third kappa shape index (κ3) is 4.28. The summed E-state index contributed by atoms with van der Waals surface area (Å²) in [5.74, 6) is 1.01. The molecule has 2 aliphatic heterocycles. The summed E-state index contributed by atoms with van der Waals surface area (Å²) in [5.41, 5.74) is 10.8. The van der Waals surface area contributed by atoms with Crippen LogP contribution in [0.4, 0.5) is 4.39 Å². The van der Waals surface area contributed by atoms with Gasteiger partial charge in [-0.15, -0.1) is 0 Å². The van der Waals surface area contributed by atoms with Gasteiger partial charge in [0.2, 0.25) is 0 Å². The van der Waals surface area contributed by atoms with Gasteiger partial charge in [-0.3, -0.25) is 10.3 Å². The van der Waals surface area contributed by atoms with Crippen LogP contribution < -0.4 is 10.9 Å². The van der Waals surface area contributed by atoms with Gasteiger partial charge < -0.3 is 15.2 Å². The fraction of sp³-hybridized carbons (Fsp3) is 0.577. The number of hydrazine groups is 1. The Morgan fingerprint density at radius 2 is 2.12 bits per heavy atom. The standard InChI is InChI=1S/C26H36FN5O2/c1-3-16-11-18(34)6-7-19(16)20-8-9-21-24(23(20)27)30-31-25(21)26-28-12-22(29-26)17-5-4-10-32(13-17)15(2)14-33/h5-7,11-12,15,20-21,23-25,30-31,33-34H,3-4,8-10,13-14H2,1-2H3,(H,28,29). The molecule has 34 heavy (non-hydrogen) atoms. The van der Waals surface area contributed by atoms with Crippen LogP contribution in [0, 0.1) is 5.92 Å². The van der Waals surface area contributed by atoms with E-state index in [0.29, 0.717) is 0 Å².